The number of carbonyl (C=O) groups excluding carboxylic acids is 2. The molecule has 0 bridgehead atoms. The van der Waals surface area contributed by atoms with Crippen LogP contribution in [0, 0.1) is 10.1 Å². The lowest BCUT2D eigenvalue weighted by Crippen LogP contribution is -2.37. The molecular formula is C20H17N3O4. The molecular weight excluding hydrogens is 346 g/mol. The summed E-state index contributed by atoms with van der Waals surface area (Å²) in [7, 11) is 0. The van der Waals surface area contributed by atoms with Gasteiger partial charge in [0.15, 0.2) is 5.78 Å². The third-order valence-corrected chi connectivity index (χ3v) is 4.97. The van der Waals surface area contributed by atoms with Gasteiger partial charge in [0.1, 0.15) is 5.82 Å². The Labute approximate surface area is 155 Å². The van der Waals surface area contributed by atoms with Gasteiger partial charge in [0.2, 0.25) is 5.91 Å². The molecule has 1 N–H and O–H groups in total. The molecule has 1 unspecified atom stereocenters. The van der Waals surface area contributed by atoms with Gasteiger partial charge in [0.05, 0.1) is 4.92 Å². The van der Waals surface area contributed by atoms with E-state index < -0.39 is 10.8 Å². The van der Waals surface area contributed by atoms with Crippen LogP contribution in [0.25, 0.3) is 0 Å². The highest BCUT2D eigenvalue weighted by atomic mass is 16.6. The molecule has 1 saturated heterocycles. The predicted molar refractivity (Wildman–Crippen MR) is 98.0 cm³/mol. The van der Waals surface area contributed by atoms with E-state index in [1.807, 2.05) is 6.07 Å². The van der Waals surface area contributed by atoms with Crippen LogP contribution in [0.3, 0.4) is 0 Å². The standard InChI is InChI=1S/C20H17N3O4/c24-17-12-16(13-6-8-15(9-7-13)23(26)27)18(20-21-10-11-22(17)20)19(25)14-4-2-1-3-5-14/h1-9,16,21H,10-12H2. The van der Waals surface area contributed by atoms with Crippen LogP contribution >= 0.6 is 0 Å². The molecule has 27 heavy (non-hydrogen) atoms. The second kappa shape index (κ2) is 6.68. The number of rotatable bonds is 4. The Hall–Kier alpha value is -3.48. The smallest absolute Gasteiger partial charge is 0.269 e. The number of benzene rings is 2. The summed E-state index contributed by atoms with van der Waals surface area (Å²) in [4.78, 5) is 37.9. The molecule has 1 fully saturated rings. The van der Waals surface area contributed by atoms with Gasteiger partial charge in [0, 0.05) is 48.7 Å². The second-order valence-corrected chi connectivity index (χ2v) is 6.53. The van der Waals surface area contributed by atoms with Crippen molar-refractivity contribution in [2.75, 3.05) is 13.1 Å². The minimum absolute atomic E-state index is 0.0231. The van der Waals surface area contributed by atoms with Gasteiger partial charge >= 0.3 is 0 Å². The molecule has 136 valence electrons. The highest BCUT2D eigenvalue weighted by Gasteiger charge is 2.40. The first-order valence-corrected chi connectivity index (χ1v) is 8.69. The lowest BCUT2D eigenvalue weighted by atomic mass is 9.81. The molecule has 2 aliphatic heterocycles. The zero-order valence-electron chi connectivity index (χ0n) is 14.4. The summed E-state index contributed by atoms with van der Waals surface area (Å²) >= 11 is 0. The van der Waals surface area contributed by atoms with E-state index in [1.165, 1.54) is 12.1 Å². The van der Waals surface area contributed by atoms with Crippen molar-refractivity contribution in [2.45, 2.75) is 12.3 Å². The van der Waals surface area contributed by atoms with E-state index in [4.69, 9.17) is 0 Å². The number of carbonyl (C=O) groups is 2. The Morgan fingerprint density at radius 3 is 2.48 bits per heavy atom. The maximum absolute atomic E-state index is 13.3. The predicted octanol–water partition coefficient (Wildman–Crippen LogP) is 2.61. The van der Waals surface area contributed by atoms with Crippen molar-refractivity contribution < 1.29 is 14.5 Å². The average molecular weight is 363 g/mol. The van der Waals surface area contributed by atoms with E-state index in [0.717, 1.165) is 0 Å². The summed E-state index contributed by atoms with van der Waals surface area (Å²) in [5.41, 5.74) is 1.78. The molecule has 2 aromatic carbocycles. The quantitative estimate of drug-likeness (QED) is 0.512. The lowest BCUT2D eigenvalue weighted by molar-refractivity contribution is -0.384. The van der Waals surface area contributed by atoms with Crippen molar-refractivity contribution in [3.63, 3.8) is 0 Å². The van der Waals surface area contributed by atoms with Crippen molar-refractivity contribution in [3.8, 4) is 0 Å². The molecule has 7 nitrogen and oxygen atoms in total. The molecule has 1 amide bonds. The van der Waals surface area contributed by atoms with Crippen LogP contribution in [-0.4, -0.2) is 34.6 Å². The van der Waals surface area contributed by atoms with E-state index >= 15 is 0 Å². The first-order chi connectivity index (χ1) is 13.1. The van der Waals surface area contributed by atoms with Crippen molar-refractivity contribution in [1.82, 2.24) is 10.2 Å². The number of fused-ring (bicyclic) bond motifs is 1. The molecule has 0 aliphatic carbocycles. The Kier molecular flexibility index (Phi) is 4.19. The first kappa shape index (κ1) is 17.0. The average Bonchev–Trinajstić information content (AvgIpc) is 3.18. The van der Waals surface area contributed by atoms with E-state index in [1.54, 1.807) is 41.3 Å². The van der Waals surface area contributed by atoms with E-state index in [-0.39, 0.29) is 23.8 Å². The van der Waals surface area contributed by atoms with Gasteiger partial charge in [-0.3, -0.25) is 24.6 Å². The van der Waals surface area contributed by atoms with Crippen molar-refractivity contribution in [1.29, 1.82) is 0 Å². The SMILES string of the molecule is O=C(C1=C2NCCN2C(=O)CC1c1ccc([N+](=O)[O-])cc1)c1ccccc1. The van der Waals surface area contributed by atoms with E-state index in [2.05, 4.69) is 5.32 Å². The molecule has 0 radical (unpaired) electrons. The molecule has 2 aliphatic rings. The molecule has 0 spiro atoms. The van der Waals surface area contributed by atoms with Crippen molar-refractivity contribution >= 4 is 17.4 Å². The van der Waals surface area contributed by atoms with Crippen LogP contribution < -0.4 is 5.32 Å². The number of ketones is 1. The fraction of sp³-hybridized carbons (Fsp3) is 0.200. The van der Waals surface area contributed by atoms with Crippen LogP contribution in [0.4, 0.5) is 5.69 Å². The monoisotopic (exact) mass is 363 g/mol. The number of amides is 1. The third kappa shape index (κ3) is 2.97. The molecule has 2 heterocycles. The van der Waals surface area contributed by atoms with Crippen molar-refractivity contribution in [2.24, 2.45) is 0 Å². The summed E-state index contributed by atoms with van der Waals surface area (Å²) in [6.07, 6.45) is 0.164. The fourth-order valence-corrected chi connectivity index (χ4v) is 3.66. The van der Waals surface area contributed by atoms with E-state index in [0.29, 0.717) is 35.6 Å². The normalized spacial score (nSPS) is 18.9. The number of nitro benzene ring substituents is 1. The first-order valence-electron chi connectivity index (χ1n) is 8.69. The van der Waals surface area contributed by atoms with Gasteiger partial charge in [-0.2, -0.15) is 0 Å². The zero-order chi connectivity index (χ0) is 19.0. The fourth-order valence-electron chi connectivity index (χ4n) is 3.66. The largest absolute Gasteiger partial charge is 0.369 e. The number of allylic oxidation sites excluding steroid dienone is 1. The minimum atomic E-state index is -0.468. The second-order valence-electron chi connectivity index (χ2n) is 6.53. The number of hydrogen-bond acceptors (Lipinski definition) is 5. The molecule has 0 saturated carbocycles. The topological polar surface area (TPSA) is 92.6 Å². The Morgan fingerprint density at radius 2 is 1.81 bits per heavy atom. The Bertz CT molecular complexity index is 951. The van der Waals surface area contributed by atoms with Crippen molar-refractivity contribution in [3.05, 3.63) is 87.2 Å². The number of non-ortho nitro benzene ring substituents is 1. The van der Waals surface area contributed by atoms with Gasteiger partial charge in [0.25, 0.3) is 5.69 Å². The van der Waals surface area contributed by atoms with Gasteiger partial charge in [-0.25, -0.2) is 0 Å². The lowest BCUT2D eigenvalue weighted by Gasteiger charge is -2.31. The number of nitro groups is 1. The van der Waals surface area contributed by atoms with Gasteiger partial charge in [-0.1, -0.05) is 42.5 Å². The van der Waals surface area contributed by atoms with E-state index in [9.17, 15) is 19.7 Å². The molecule has 0 aromatic heterocycles. The highest BCUT2D eigenvalue weighted by Crippen LogP contribution is 2.38. The zero-order valence-corrected chi connectivity index (χ0v) is 14.4. The Morgan fingerprint density at radius 1 is 1.11 bits per heavy atom. The third-order valence-electron chi connectivity index (χ3n) is 4.97. The number of hydrogen-bond donors (Lipinski definition) is 1. The minimum Gasteiger partial charge on any atom is -0.369 e. The van der Waals surface area contributed by atoms with Gasteiger partial charge < -0.3 is 5.32 Å². The summed E-state index contributed by atoms with van der Waals surface area (Å²) in [5, 5.41) is 14.1. The van der Waals surface area contributed by atoms with Crippen LogP contribution in [-0.2, 0) is 4.79 Å². The maximum Gasteiger partial charge on any atom is 0.269 e. The Balaban J connectivity index is 1.81. The van der Waals surface area contributed by atoms with Crippen LogP contribution in [0.15, 0.2) is 66.0 Å². The van der Waals surface area contributed by atoms with Crippen LogP contribution in [0.1, 0.15) is 28.3 Å². The van der Waals surface area contributed by atoms with Gasteiger partial charge in [-0.05, 0) is 5.56 Å². The molecule has 2 aromatic rings. The molecule has 4 rings (SSSR count). The van der Waals surface area contributed by atoms with Crippen LogP contribution in [0.5, 0.6) is 0 Å². The van der Waals surface area contributed by atoms with Gasteiger partial charge in [-0.15, -0.1) is 0 Å². The van der Waals surface area contributed by atoms with Crippen LogP contribution in [0.2, 0.25) is 0 Å². The maximum atomic E-state index is 13.3. The molecule has 1 atom stereocenters. The number of nitrogens with zero attached hydrogens (tertiary/aromatic N) is 2. The summed E-state index contributed by atoms with van der Waals surface area (Å²) in [6.45, 7) is 1.13. The number of nitrogens with one attached hydrogen (secondary N) is 1. The summed E-state index contributed by atoms with van der Waals surface area (Å²) in [6, 6.07) is 15.0. The highest BCUT2D eigenvalue weighted by molar-refractivity contribution is 6.11. The summed E-state index contributed by atoms with van der Waals surface area (Å²) < 4.78 is 0. The summed E-state index contributed by atoms with van der Waals surface area (Å²) in [5.74, 6) is -0.0740. The number of Topliss-reactive ketones (excluding diaryl/α,β-unsaturated/α-hetero) is 1. The molecule has 7 heteroatoms.